The molecule has 0 amide bonds. The number of rotatable bonds is 8. The molecule has 0 bridgehead atoms. The van der Waals surface area contributed by atoms with Gasteiger partial charge in [0.2, 0.25) is 0 Å². The highest BCUT2D eigenvalue weighted by Gasteiger charge is 2.48. The Kier molecular flexibility index (Phi) is 5.66. The lowest BCUT2D eigenvalue weighted by molar-refractivity contribution is -0.168. The molecule has 96 valence electrons. The maximum Gasteiger partial charge on any atom is 0.0842 e. The lowest BCUT2D eigenvalue weighted by Gasteiger charge is -2.50. The summed E-state index contributed by atoms with van der Waals surface area (Å²) in [5.74, 6) is 0. The van der Waals surface area contributed by atoms with E-state index in [1.807, 2.05) is 0 Å². The minimum absolute atomic E-state index is 0.00860. The van der Waals surface area contributed by atoms with Gasteiger partial charge in [-0.05, 0) is 20.3 Å². The molecule has 1 nitrogen and oxygen atoms in total. The van der Waals surface area contributed by atoms with E-state index in [0.717, 1.165) is 6.61 Å². The fourth-order valence-electron chi connectivity index (χ4n) is 2.52. The van der Waals surface area contributed by atoms with Crippen LogP contribution >= 0.6 is 12.6 Å². The molecule has 0 aromatic heterocycles. The largest absolute Gasteiger partial charge is 0.373 e. The van der Waals surface area contributed by atoms with Gasteiger partial charge in [0.15, 0.2) is 0 Å². The molecule has 0 aliphatic carbocycles. The van der Waals surface area contributed by atoms with E-state index in [1.165, 1.54) is 51.4 Å². The Morgan fingerprint density at radius 2 is 1.69 bits per heavy atom. The third kappa shape index (κ3) is 3.66. The molecule has 0 N–H and O–H groups in total. The van der Waals surface area contributed by atoms with E-state index < -0.39 is 0 Å². The van der Waals surface area contributed by atoms with Crippen LogP contribution in [-0.4, -0.2) is 17.0 Å². The van der Waals surface area contributed by atoms with Crippen molar-refractivity contribution in [2.45, 2.75) is 82.5 Å². The monoisotopic (exact) mass is 244 g/mol. The van der Waals surface area contributed by atoms with Crippen molar-refractivity contribution in [3.63, 3.8) is 0 Å². The second-order valence-corrected chi connectivity index (χ2v) is 6.79. The minimum atomic E-state index is 0.00860. The normalized spacial score (nSPS) is 25.5. The summed E-state index contributed by atoms with van der Waals surface area (Å²) in [5.41, 5.74) is 0.0703. The highest BCUT2D eigenvalue weighted by atomic mass is 32.1. The first-order valence-corrected chi connectivity index (χ1v) is 7.33. The maximum absolute atomic E-state index is 5.83. The van der Waals surface area contributed by atoms with Gasteiger partial charge in [-0.15, -0.1) is 0 Å². The molecule has 2 heteroatoms. The summed E-state index contributed by atoms with van der Waals surface area (Å²) in [6.45, 7) is 7.57. The average Bonchev–Trinajstić information content (AvgIpc) is 2.12. The Balaban J connectivity index is 2.15. The zero-order valence-corrected chi connectivity index (χ0v) is 12.1. The summed E-state index contributed by atoms with van der Waals surface area (Å²) in [5, 5.41) is 0. The topological polar surface area (TPSA) is 9.23 Å². The molecular formula is C14H28OS. The van der Waals surface area contributed by atoms with Crippen molar-refractivity contribution in [1.82, 2.24) is 0 Å². The first-order valence-electron chi connectivity index (χ1n) is 6.88. The van der Waals surface area contributed by atoms with Gasteiger partial charge in [0.1, 0.15) is 0 Å². The summed E-state index contributed by atoms with van der Waals surface area (Å²) >= 11 is 4.70. The first-order chi connectivity index (χ1) is 7.52. The smallest absolute Gasteiger partial charge is 0.0842 e. The molecule has 1 fully saturated rings. The number of ether oxygens (including phenoxy) is 1. The fraction of sp³-hybridized carbons (Fsp3) is 1.00. The molecule has 1 unspecified atom stereocenters. The zero-order valence-electron chi connectivity index (χ0n) is 11.2. The van der Waals surface area contributed by atoms with Gasteiger partial charge in [-0.25, -0.2) is 0 Å². The molecule has 1 saturated heterocycles. The Hall–Kier alpha value is 0.310. The maximum atomic E-state index is 5.83. The van der Waals surface area contributed by atoms with Gasteiger partial charge < -0.3 is 4.74 Å². The van der Waals surface area contributed by atoms with E-state index >= 15 is 0 Å². The third-order valence-electron chi connectivity index (χ3n) is 3.93. The number of hydrogen-bond acceptors (Lipinski definition) is 2. The lowest BCUT2D eigenvalue weighted by atomic mass is 9.78. The van der Waals surface area contributed by atoms with Crippen LogP contribution in [0.5, 0.6) is 0 Å². The van der Waals surface area contributed by atoms with Crippen molar-refractivity contribution in [3.8, 4) is 0 Å². The van der Waals surface area contributed by atoms with Gasteiger partial charge in [0.05, 0.1) is 12.2 Å². The van der Waals surface area contributed by atoms with Crippen LogP contribution in [0.4, 0.5) is 0 Å². The van der Waals surface area contributed by atoms with Crippen LogP contribution in [0.3, 0.4) is 0 Å². The van der Waals surface area contributed by atoms with E-state index in [-0.39, 0.29) is 10.3 Å². The molecule has 1 atom stereocenters. The minimum Gasteiger partial charge on any atom is -0.373 e. The molecule has 1 aliphatic heterocycles. The van der Waals surface area contributed by atoms with Crippen LogP contribution in [0.1, 0.15) is 72.1 Å². The van der Waals surface area contributed by atoms with Crippen molar-refractivity contribution in [1.29, 1.82) is 0 Å². The van der Waals surface area contributed by atoms with Gasteiger partial charge in [0, 0.05) is 11.2 Å². The molecule has 16 heavy (non-hydrogen) atoms. The Morgan fingerprint density at radius 1 is 1.12 bits per heavy atom. The van der Waals surface area contributed by atoms with E-state index in [2.05, 4.69) is 20.8 Å². The highest BCUT2D eigenvalue weighted by molar-refractivity contribution is 7.81. The summed E-state index contributed by atoms with van der Waals surface area (Å²) in [7, 11) is 0. The lowest BCUT2D eigenvalue weighted by Crippen LogP contribution is -2.56. The van der Waals surface area contributed by atoms with Gasteiger partial charge in [-0.1, -0.05) is 45.4 Å². The Bertz CT molecular complexity index is 191. The molecule has 1 aliphatic rings. The van der Waals surface area contributed by atoms with E-state index in [1.54, 1.807) is 0 Å². The number of hydrogen-bond donors (Lipinski definition) is 1. The molecule has 0 aromatic rings. The van der Waals surface area contributed by atoms with E-state index in [0.29, 0.717) is 0 Å². The number of thiol groups is 1. The van der Waals surface area contributed by atoms with Gasteiger partial charge >= 0.3 is 0 Å². The molecule has 0 radical (unpaired) electrons. The van der Waals surface area contributed by atoms with Crippen LogP contribution in [0.2, 0.25) is 0 Å². The van der Waals surface area contributed by atoms with Crippen LogP contribution in [0.25, 0.3) is 0 Å². The SMILES string of the molecule is CCCCCCCCC1(C(C)(C)S)CCO1. The Morgan fingerprint density at radius 3 is 2.12 bits per heavy atom. The molecular weight excluding hydrogens is 216 g/mol. The summed E-state index contributed by atoms with van der Waals surface area (Å²) in [6, 6.07) is 0. The average molecular weight is 244 g/mol. The van der Waals surface area contributed by atoms with Crippen molar-refractivity contribution in [3.05, 3.63) is 0 Å². The molecule has 0 spiro atoms. The standard InChI is InChI=1S/C14H28OS/c1-4-5-6-7-8-9-10-14(11-12-15-14)13(2,3)16/h16H,4-12H2,1-3H3. The first kappa shape index (κ1) is 14.4. The van der Waals surface area contributed by atoms with Crippen molar-refractivity contribution >= 4 is 12.6 Å². The summed E-state index contributed by atoms with van der Waals surface area (Å²) in [4.78, 5) is 0. The van der Waals surface area contributed by atoms with E-state index in [9.17, 15) is 0 Å². The zero-order chi connectivity index (χ0) is 12.1. The molecule has 1 rings (SSSR count). The van der Waals surface area contributed by atoms with Crippen molar-refractivity contribution < 1.29 is 4.74 Å². The van der Waals surface area contributed by atoms with Gasteiger partial charge in [0.25, 0.3) is 0 Å². The van der Waals surface area contributed by atoms with Crippen molar-refractivity contribution in [2.75, 3.05) is 6.61 Å². The van der Waals surface area contributed by atoms with Crippen LogP contribution in [0, 0.1) is 0 Å². The molecule has 1 heterocycles. The van der Waals surface area contributed by atoms with Crippen LogP contribution < -0.4 is 0 Å². The number of unbranched alkanes of at least 4 members (excludes halogenated alkanes) is 5. The van der Waals surface area contributed by atoms with Crippen LogP contribution in [-0.2, 0) is 4.74 Å². The van der Waals surface area contributed by atoms with E-state index in [4.69, 9.17) is 17.4 Å². The second kappa shape index (κ2) is 6.30. The quantitative estimate of drug-likeness (QED) is 0.485. The third-order valence-corrected chi connectivity index (χ3v) is 4.34. The fourth-order valence-corrected chi connectivity index (χ4v) is 2.81. The van der Waals surface area contributed by atoms with Crippen molar-refractivity contribution in [2.24, 2.45) is 0 Å². The Labute approximate surface area is 107 Å². The summed E-state index contributed by atoms with van der Waals surface area (Å²) < 4.78 is 5.84. The van der Waals surface area contributed by atoms with Crippen LogP contribution in [0.15, 0.2) is 0 Å². The summed E-state index contributed by atoms with van der Waals surface area (Å²) in [6.07, 6.45) is 10.5. The highest BCUT2D eigenvalue weighted by Crippen LogP contribution is 2.44. The predicted molar refractivity (Wildman–Crippen MR) is 74.4 cm³/mol. The molecule has 0 aromatic carbocycles. The predicted octanol–water partition coefficient (Wildman–Crippen LogP) is 4.60. The second-order valence-electron chi connectivity index (χ2n) is 5.67. The van der Waals surface area contributed by atoms with Gasteiger partial charge in [-0.3, -0.25) is 0 Å². The molecule has 0 saturated carbocycles. The van der Waals surface area contributed by atoms with Gasteiger partial charge in [-0.2, -0.15) is 12.6 Å².